The molecule has 2 nitrogen and oxygen atoms in total. The lowest BCUT2D eigenvalue weighted by atomic mass is 10.0. The Balaban J connectivity index is 3.06. The first kappa shape index (κ1) is 9.97. The van der Waals surface area contributed by atoms with E-state index in [9.17, 15) is 4.39 Å². The van der Waals surface area contributed by atoms with Gasteiger partial charge in [0.1, 0.15) is 5.82 Å². The van der Waals surface area contributed by atoms with Gasteiger partial charge in [-0.05, 0) is 12.1 Å². The van der Waals surface area contributed by atoms with Crippen LogP contribution in [-0.2, 0) is 0 Å². The van der Waals surface area contributed by atoms with Crippen molar-refractivity contribution in [1.82, 2.24) is 0 Å². The molecule has 0 saturated carbocycles. The van der Waals surface area contributed by atoms with Crippen molar-refractivity contribution >= 4 is 11.6 Å². The van der Waals surface area contributed by atoms with Crippen LogP contribution >= 0.6 is 11.6 Å². The maximum atomic E-state index is 13.2. The van der Waals surface area contributed by atoms with Gasteiger partial charge in [-0.1, -0.05) is 17.7 Å². The molecule has 0 fully saturated rings. The van der Waals surface area contributed by atoms with Gasteiger partial charge in [-0.2, -0.15) is 5.26 Å². The lowest BCUT2D eigenvalue weighted by Gasteiger charge is -2.10. The smallest absolute Gasteiger partial charge is 0.129 e. The summed E-state index contributed by atoms with van der Waals surface area (Å²) in [5, 5.41) is 8.65. The number of rotatable bonds is 2. The van der Waals surface area contributed by atoms with Crippen molar-refractivity contribution in [3.05, 3.63) is 34.6 Å². The van der Waals surface area contributed by atoms with Crippen LogP contribution in [0.25, 0.3) is 0 Å². The minimum atomic E-state index is -0.654. The van der Waals surface area contributed by atoms with Gasteiger partial charge in [0.05, 0.1) is 12.5 Å². The molecule has 1 atom stereocenters. The SMILES string of the molecule is N#CC[C@@H](N)c1c(F)cccc1Cl. The zero-order valence-corrected chi connectivity index (χ0v) is 7.55. The van der Waals surface area contributed by atoms with Crippen molar-refractivity contribution in [1.29, 1.82) is 5.26 Å². The van der Waals surface area contributed by atoms with Crippen LogP contribution in [0.2, 0.25) is 5.02 Å². The second-order valence-corrected chi connectivity index (χ2v) is 3.01. The summed E-state index contributed by atoms with van der Waals surface area (Å²) in [4.78, 5) is 0. The highest BCUT2D eigenvalue weighted by molar-refractivity contribution is 6.31. The van der Waals surface area contributed by atoms with Crippen molar-refractivity contribution in [2.24, 2.45) is 5.73 Å². The molecule has 0 unspecified atom stereocenters. The van der Waals surface area contributed by atoms with Crippen LogP contribution < -0.4 is 5.73 Å². The molecule has 2 N–H and O–H groups in total. The molecule has 1 aromatic rings. The third-order valence-electron chi connectivity index (χ3n) is 1.68. The van der Waals surface area contributed by atoms with Gasteiger partial charge in [-0.25, -0.2) is 4.39 Å². The fourth-order valence-corrected chi connectivity index (χ4v) is 1.37. The van der Waals surface area contributed by atoms with Crippen molar-refractivity contribution < 1.29 is 4.39 Å². The summed E-state index contributed by atoms with van der Waals surface area (Å²) < 4.78 is 13.2. The average Bonchev–Trinajstić information content (AvgIpc) is 2.04. The summed E-state index contributed by atoms with van der Waals surface area (Å²) in [6.45, 7) is 0. The van der Waals surface area contributed by atoms with E-state index >= 15 is 0 Å². The Kier molecular flexibility index (Phi) is 3.24. The number of nitriles is 1. The molecular weight excluding hydrogens is 191 g/mol. The van der Waals surface area contributed by atoms with Crippen LogP contribution in [-0.4, -0.2) is 0 Å². The van der Waals surface area contributed by atoms with Crippen LogP contribution in [0.4, 0.5) is 4.39 Å². The zero-order valence-electron chi connectivity index (χ0n) is 6.80. The summed E-state index contributed by atoms with van der Waals surface area (Å²) in [6, 6.07) is 5.55. The number of benzene rings is 1. The van der Waals surface area contributed by atoms with Gasteiger partial charge in [-0.15, -0.1) is 0 Å². The second-order valence-electron chi connectivity index (χ2n) is 2.60. The molecule has 0 saturated heterocycles. The zero-order chi connectivity index (χ0) is 9.84. The normalized spacial score (nSPS) is 12.2. The monoisotopic (exact) mass is 198 g/mol. The van der Waals surface area contributed by atoms with Crippen LogP contribution in [0.3, 0.4) is 0 Å². The highest BCUT2D eigenvalue weighted by Gasteiger charge is 2.14. The predicted octanol–water partition coefficient (Wildman–Crippen LogP) is 2.39. The molecular formula is C9H8ClFN2. The summed E-state index contributed by atoms with van der Waals surface area (Å²) in [7, 11) is 0. The highest BCUT2D eigenvalue weighted by Crippen LogP contribution is 2.25. The molecule has 68 valence electrons. The Bertz CT molecular complexity index is 326. The van der Waals surface area contributed by atoms with E-state index in [1.807, 2.05) is 6.07 Å². The largest absolute Gasteiger partial charge is 0.323 e. The minimum Gasteiger partial charge on any atom is -0.323 e. The number of halogens is 2. The molecule has 0 aliphatic heterocycles. The predicted molar refractivity (Wildman–Crippen MR) is 48.6 cm³/mol. The van der Waals surface area contributed by atoms with Gasteiger partial charge in [0.2, 0.25) is 0 Å². The van der Waals surface area contributed by atoms with Gasteiger partial charge in [0.15, 0.2) is 0 Å². The molecule has 1 rings (SSSR count). The quantitative estimate of drug-likeness (QED) is 0.793. The van der Waals surface area contributed by atoms with E-state index in [1.165, 1.54) is 12.1 Å². The number of hydrogen-bond acceptors (Lipinski definition) is 2. The standard InChI is InChI=1S/C9H8ClFN2/c10-6-2-1-3-7(11)9(6)8(13)4-5-12/h1-3,8H,4,13H2/t8-/m1/s1. The highest BCUT2D eigenvalue weighted by atomic mass is 35.5. The van der Waals surface area contributed by atoms with E-state index in [0.717, 1.165) is 0 Å². The molecule has 1 aromatic carbocycles. The van der Waals surface area contributed by atoms with E-state index in [4.69, 9.17) is 22.6 Å². The van der Waals surface area contributed by atoms with Crippen LogP contribution in [0.15, 0.2) is 18.2 Å². The van der Waals surface area contributed by atoms with Gasteiger partial charge >= 0.3 is 0 Å². The van der Waals surface area contributed by atoms with Crippen molar-refractivity contribution in [2.75, 3.05) is 0 Å². The van der Waals surface area contributed by atoms with Crippen LogP contribution in [0.5, 0.6) is 0 Å². The Hall–Kier alpha value is -1.11. The van der Waals surface area contributed by atoms with Gasteiger partial charge < -0.3 is 5.73 Å². The van der Waals surface area contributed by atoms with Crippen LogP contribution in [0.1, 0.15) is 18.0 Å². The molecule has 0 spiro atoms. The molecule has 13 heavy (non-hydrogen) atoms. The number of nitrogens with zero attached hydrogens (tertiary/aromatic N) is 1. The van der Waals surface area contributed by atoms with E-state index < -0.39 is 11.9 Å². The van der Waals surface area contributed by atoms with Gasteiger partial charge in [-0.3, -0.25) is 0 Å². The Labute approximate surface area is 80.7 Å². The summed E-state index contributed by atoms with van der Waals surface area (Å²) >= 11 is 5.73. The molecule has 4 heteroatoms. The molecule has 0 radical (unpaired) electrons. The molecule has 0 aliphatic carbocycles. The van der Waals surface area contributed by atoms with E-state index in [2.05, 4.69) is 0 Å². The van der Waals surface area contributed by atoms with E-state index in [0.29, 0.717) is 0 Å². The minimum absolute atomic E-state index is 0.0562. The molecule has 0 amide bonds. The molecule has 0 aromatic heterocycles. The first-order valence-electron chi connectivity index (χ1n) is 3.73. The first-order chi connectivity index (χ1) is 6.16. The summed E-state index contributed by atoms with van der Waals surface area (Å²) in [5.41, 5.74) is 5.77. The third-order valence-corrected chi connectivity index (χ3v) is 2.01. The lowest BCUT2D eigenvalue weighted by molar-refractivity contribution is 0.585. The maximum absolute atomic E-state index is 13.2. The van der Waals surface area contributed by atoms with Crippen molar-refractivity contribution in [3.8, 4) is 6.07 Å². The van der Waals surface area contributed by atoms with Crippen molar-refractivity contribution in [3.63, 3.8) is 0 Å². The second kappa shape index (κ2) is 4.22. The number of hydrogen-bond donors (Lipinski definition) is 1. The third kappa shape index (κ3) is 2.18. The first-order valence-corrected chi connectivity index (χ1v) is 4.11. The van der Waals surface area contributed by atoms with Gasteiger partial charge in [0.25, 0.3) is 0 Å². The fraction of sp³-hybridized carbons (Fsp3) is 0.222. The van der Waals surface area contributed by atoms with E-state index in [-0.39, 0.29) is 17.0 Å². The maximum Gasteiger partial charge on any atom is 0.129 e. The van der Waals surface area contributed by atoms with Crippen molar-refractivity contribution in [2.45, 2.75) is 12.5 Å². The summed E-state index contributed by atoms with van der Waals surface area (Å²) in [5.74, 6) is -0.463. The molecule has 0 aliphatic rings. The summed E-state index contributed by atoms with van der Waals surface area (Å²) in [6.07, 6.45) is 0.0562. The molecule has 0 bridgehead atoms. The Morgan fingerprint density at radius 2 is 2.31 bits per heavy atom. The topological polar surface area (TPSA) is 49.8 Å². The molecule has 0 heterocycles. The number of nitrogens with two attached hydrogens (primary N) is 1. The Morgan fingerprint density at radius 1 is 1.62 bits per heavy atom. The lowest BCUT2D eigenvalue weighted by Crippen LogP contribution is -2.11. The van der Waals surface area contributed by atoms with Gasteiger partial charge in [0, 0.05) is 16.6 Å². The fourth-order valence-electron chi connectivity index (χ4n) is 1.07. The van der Waals surface area contributed by atoms with E-state index in [1.54, 1.807) is 6.07 Å². The average molecular weight is 199 g/mol. The van der Waals surface area contributed by atoms with Crippen LogP contribution in [0, 0.1) is 17.1 Å². The Morgan fingerprint density at radius 3 is 2.85 bits per heavy atom.